The van der Waals surface area contributed by atoms with Gasteiger partial charge in [-0.1, -0.05) is 31.9 Å². The summed E-state index contributed by atoms with van der Waals surface area (Å²) in [6.45, 7) is 3.36. The number of aryl methyl sites for hydroxylation is 2. The standard InChI is InChI=1S/C19H19Br2N3O4S/c1-11-8-14(4-5-15(11)21)27-9-17(25)22-19(29)24-23-18(26)10-28-16-6-3-13(20)7-12(16)2/h3-8H,9-10H2,1-2H3,(H,23,26)(H2,22,24,25,29). The molecule has 0 atom stereocenters. The Kier molecular flexibility index (Phi) is 8.87. The first kappa shape index (κ1) is 23.1. The number of halogens is 2. The largest absolute Gasteiger partial charge is 0.484 e. The van der Waals surface area contributed by atoms with Gasteiger partial charge in [-0.2, -0.15) is 0 Å². The summed E-state index contributed by atoms with van der Waals surface area (Å²) in [6, 6.07) is 10.9. The van der Waals surface area contributed by atoms with Gasteiger partial charge in [-0.15, -0.1) is 0 Å². The number of hydrogen-bond acceptors (Lipinski definition) is 5. The SMILES string of the molecule is Cc1cc(OCC(=O)NC(=S)NNC(=O)COc2ccc(Br)cc2C)ccc1Br. The van der Waals surface area contributed by atoms with Crippen LogP contribution in [0.1, 0.15) is 11.1 Å². The number of carbonyl (C=O) groups excluding carboxylic acids is 2. The van der Waals surface area contributed by atoms with E-state index in [1.54, 1.807) is 18.2 Å². The molecule has 2 rings (SSSR count). The Morgan fingerprint density at radius 2 is 1.66 bits per heavy atom. The van der Waals surface area contributed by atoms with Crippen LogP contribution in [0.15, 0.2) is 45.3 Å². The van der Waals surface area contributed by atoms with Gasteiger partial charge in [0.15, 0.2) is 18.3 Å². The molecule has 154 valence electrons. The van der Waals surface area contributed by atoms with E-state index in [1.165, 1.54) is 0 Å². The van der Waals surface area contributed by atoms with Crippen LogP contribution in [0, 0.1) is 13.8 Å². The molecule has 0 aliphatic rings. The zero-order valence-corrected chi connectivity index (χ0v) is 19.7. The fraction of sp³-hybridized carbons (Fsp3) is 0.211. The zero-order valence-electron chi connectivity index (χ0n) is 15.7. The van der Waals surface area contributed by atoms with Gasteiger partial charge in [-0.05, 0) is 73.6 Å². The van der Waals surface area contributed by atoms with Gasteiger partial charge in [-0.25, -0.2) is 0 Å². The van der Waals surface area contributed by atoms with Crippen LogP contribution in [0.3, 0.4) is 0 Å². The topological polar surface area (TPSA) is 88.7 Å². The lowest BCUT2D eigenvalue weighted by Crippen LogP contribution is -2.50. The number of thiocarbonyl (C=S) groups is 1. The molecular weight excluding hydrogens is 526 g/mol. The van der Waals surface area contributed by atoms with Crippen molar-refractivity contribution < 1.29 is 19.1 Å². The smallest absolute Gasteiger partial charge is 0.276 e. The summed E-state index contributed by atoms with van der Waals surface area (Å²) < 4.78 is 12.7. The second-order valence-electron chi connectivity index (χ2n) is 5.95. The third-order valence-corrected chi connectivity index (χ3v) is 5.15. The summed E-state index contributed by atoms with van der Waals surface area (Å²) in [5, 5.41) is 2.35. The molecule has 2 amide bonds. The molecule has 7 nitrogen and oxygen atoms in total. The van der Waals surface area contributed by atoms with Crippen LogP contribution in [0.2, 0.25) is 0 Å². The fourth-order valence-electron chi connectivity index (χ4n) is 2.13. The van der Waals surface area contributed by atoms with Crippen molar-refractivity contribution in [1.29, 1.82) is 0 Å². The third-order valence-electron chi connectivity index (χ3n) is 3.56. The lowest BCUT2D eigenvalue weighted by molar-refractivity contribution is -0.124. The number of amides is 2. The van der Waals surface area contributed by atoms with Crippen LogP contribution < -0.4 is 25.6 Å². The van der Waals surface area contributed by atoms with E-state index in [9.17, 15) is 9.59 Å². The molecule has 0 unspecified atom stereocenters. The minimum absolute atomic E-state index is 0.0567. The Bertz CT molecular complexity index is 924. The molecular formula is C19H19Br2N3O4S. The Labute approximate surface area is 190 Å². The second-order valence-corrected chi connectivity index (χ2v) is 8.13. The summed E-state index contributed by atoms with van der Waals surface area (Å²) in [6.07, 6.45) is 0. The highest BCUT2D eigenvalue weighted by Gasteiger charge is 2.09. The van der Waals surface area contributed by atoms with Gasteiger partial charge in [0.1, 0.15) is 11.5 Å². The molecule has 0 radical (unpaired) electrons. The molecule has 2 aromatic carbocycles. The van der Waals surface area contributed by atoms with Crippen LogP contribution in [0.25, 0.3) is 0 Å². The number of ether oxygens (including phenoxy) is 2. The molecule has 0 saturated heterocycles. The van der Waals surface area contributed by atoms with Crippen molar-refractivity contribution >= 4 is 61.0 Å². The maximum atomic E-state index is 11.9. The van der Waals surface area contributed by atoms with Crippen LogP contribution >= 0.6 is 44.1 Å². The molecule has 29 heavy (non-hydrogen) atoms. The van der Waals surface area contributed by atoms with Crippen molar-refractivity contribution in [2.75, 3.05) is 13.2 Å². The van der Waals surface area contributed by atoms with E-state index in [0.717, 1.165) is 20.1 Å². The number of nitrogens with one attached hydrogen (secondary N) is 3. The molecule has 0 aliphatic carbocycles. The van der Waals surface area contributed by atoms with Crippen molar-refractivity contribution in [2.45, 2.75) is 13.8 Å². The van der Waals surface area contributed by atoms with Crippen molar-refractivity contribution in [3.8, 4) is 11.5 Å². The van der Waals surface area contributed by atoms with Gasteiger partial charge in [0.05, 0.1) is 0 Å². The number of rotatable bonds is 6. The monoisotopic (exact) mass is 543 g/mol. The minimum atomic E-state index is -0.459. The van der Waals surface area contributed by atoms with Crippen LogP contribution in [-0.2, 0) is 9.59 Å². The number of hydrazine groups is 1. The highest BCUT2D eigenvalue weighted by Crippen LogP contribution is 2.22. The number of benzene rings is 2. The zero-order chi connectivity index (χ0) is 21.4. The molecule has 0 saturated carbocycles. The quantitative estimate of drug-likeness (QED) is 0.382. The first-order valence-corrected chi connectivity index (χ1v) is 10.4. The maximum Gasteiger partial charge on any atom is 0.276 e. The molecule has 2 aromatic rings. The van der Waals surface area contributed by atoms with Gasteiger partial charge in [0, 0.05) is 8.95 Å². The molecule has 0 spiro atoms. The van der Waals surface area contributed by atoms with Gasteiger partial charge >= 0.3 is 0 Å². The lowest BCUT2D eigenvalue weighted by atomic mass is 10.2. The number of hydrogen-bond donors (Lipinski definition) is 3. The van der Waals surface area contributed by atoms with Crippen molar-refractivity contribution in [3.63, 3.8) is 0 Å². The Morgan fingerprint density at radius 1 is 0.931 bits per heavy atom. The predicted octanol–water partition coefficient (Wildman–Crippen LogP) is 3.31. The summed E-state index contributed by atoms with van der Waals surface area (Å²) in [5.74, 6) is 0.248. The van der Waals surface area contributed by atoms with E-state index < -0.39 is 11.8 Å². The first-order chi connectivity index (χ1) is 13.7. The van der Waals surface area contributed by atoms with Gasteiger partial charge in [-0.3, -0.25) is 25.8 Å². The van der Waals surface area contributed by atoms with Gasteiger partial charge in [0.25, 0.3) is 11.8 Å². The lowest BCUT2D eigenvalue weighted by Gasteiger charge is -2.13. The summed E-state index contributed by atoms with van der Waals surface area (Å²) in [4.78, 5) is 23.7. The fourth-order valence-corrected chi connectivity index (χ4v) is 3.02. The molecule has 0 heterocycles. The van der Waals surface area contributed by atoms with Gasteiger partial charge in [0.2, 0.25) is 0 Å². The molecule has 0 aromatic heterocycles. The molecule has 0 bridgehead atoms. The van der Waals surface area contributed by atoms with E-state index in [0.29, 0.717) is 11.5 Å². The van der Waals surface area contributed by atoms with E-state index in [2.05, 4.69) is 48.0 Å². The van der Waals surface area contributed by atoms with Crippen molar-refractivity contribution in [1.82, 2.24) is 16.2 Å². The maximum absolute atomic E-state index is 11.9. The average molecular weight is 545 g/mol. The minimum Gasteiger partial charge on any atom is -0.484 e. The third kappa shape index (κ3) is 8.00. The van der Waals surface area contributed by atoms with E-state index in [4.69, 9.17) is 21.7 Å². The van der Waals surface area contributed by atoms with Crippen LogP contribution in [0.5, 0.6) is 11.5 Å². The molecule has 3 N–H and O–H groups in total. The first-order valence-electron chi connectivity index (χ1n) is 8.41. The van der Waals surface area contributed by atoms with Crippen molar-refractivity contribution in [2.24, 2.45) is 0 Å². The average Bonchev–Trinajstić information content (AvgIpc) is 2.66. The van der Waals surface area contributed by atoms with E-state index >= 15 is 0 Å². The Hall–Kier alpha value is -2.17. The van der Waals surface area contributed by atoms with Crippen LogP contribution in [-0.4, -0.2) is 30.1 Å². The predicted molar refractivity (Wildman–Crippen MR) is 121 cm³/mol. The molecule has 0 fully saturated rings. The van der Waals surface area contributed by atoms with E-state index in [-0.39, 0.29) is 18.3 Å². The molecule has 10 heteroatoms. The Morgan fingerprint density at radius 3 is 2.34 bits per heavy atom. The summed E-state index contributed by atoms with van der Waals surface area (Å²) in [5.41, 5.74) is 6.67. The van der Waals surface area contributed by atoms with Crippen LogP contribution in [0.4, 0.5) is 0 Å². The van der Waals surface area contributed by atoms with Gasteiger partial charge < -0.3 is 9.47 Å². The normalized spacial score (nSPS) is 10.1. The van der Waals surface area contributed by atoms with Crippen molar-refractivity contribution in [3.05, 3.63) is 56.5 Å². The summed E-state index contributed by atoms with van der Waals surface area (Å²) >= 11 is 11.7. The highest BCUT2D eigenvalue weighted by atomic mass is 79.9. The molecule has 0 aliphatic heterocycles. The summed E-state index contributed by atoms with van der Waals surface area (Å²) in [7, 11) is 0. The Balaban J connectivity index is 1.68. The number of carbonyl (C=O) groups is 2. The second kappa shape index (κ2) is 11.1. The highest BCUT2D eigenvalue weighted by molar-refractivity contribution is 9.10. The van der Waals surface area contributed by atoms with E-state index in [1.807, 2.05) is 32.0 Å².